The van der Waals surface area contributed by atoms with Crippen molar-refractivity contribution >= 4 is 41.0 Å². The smallest absolute Gasteiger partial charge is 0.342 e. The van der Waals surface area contributed by atoms with E-state index in [4.69, 9.17) is 37.4 Å². The minimum atomic E-state index is -0.640. The second kappa shape index (κ2) is 14.5. The maximum absolute atomic E-state index is 14.5. The molecule has 0 bridgehead atoms. The SMILES string of the molecule is C[C@H]1CCCC(=O)CCC/C=C/c2cc(OCc3c(F)cccc3Cl)cc(OCc3c(F)cccc3Cl)c2C(=O)O1. The molecular formula is C32H30Cl2F2O5. The summed E-state index contributed by atoms with van der Waals surface area (Å²) in [6, 6.07) is 11.7. The molecule has 0 amide bonds. The number of esters is 1. The van der Waals surface area contributed by atoms with Crippen molar-refractivity contribution in [1.82, 2.24) is 0 Å². The van der Waals surface area contributed by atoms with E-state index in [1.54, 1.807) is 31.2 Å². The van der Waals surface area contributed by atoms with Crippen molar-refractivity contribution in [2.45, 2.75) is 64.8 Å². The van der Waals surface area contributed by atoms with Crippen LogP contribution in [0.5, 0.6) is 11.5 Å². The van der Waals surface area contributed by atoms with E-state index in [-0.39, 0.29) is 57.2 Å². The van der Waals surface area contributed by atoms with Crippen molar-refractivity contribution in [2.75, 3.05) is 0 Å². The maximum Gasteiger partial charge on any atom is 0.342 e. The predicted octanol–water partition coefficient (Wildman–Crippen LogP) is 8.91. The van der Waals surface area contributed by atoms with Crippen molar-refractivity contribution in [1.29, 1.82) is 0 Å². The highest BCUT2D eigenvalue weighted by Crippen LogP contribution is 2.34. The second-order valence-corrected chi connectivity index (χ2v) is 10.6. The normalized spacial score (nSPS) is 17.2. The number of hydrogen-bond donors (Lipinski definition) is 0. The highest BCUT2D eigenvalue weighted by molar-refractivity contribution is 6.31. The summed E-state index contributed by atoms with van der Waals surface area (Å²) in [7, 11) is 0. The van der Waals surface area contributed by atoms with E-state index in [1.807, 2.05) is 6.08 Å². The molecule has 0 saturated carbocycles. The van der Waals surface area contributed by atoms with Crippen LogP contribution in [0.25, 0.3) is 6.08 Å². The molecule has 0 aliphatic carbocycles. The molecule has 0 saturated heterocycles. The molecule has 0 aromatic heterocycles. The largest absolute Gasteiger partial charge is 0.489 e. The third-order valence-electron chi connectivity index (χ3n) is 6.69. The van der Waals surface area contributed by atoms with Gasteiger partial charge in [-0.1, -0.05) is 47.5 Å². The topological polar surface area (TPSA) is 61.8 Å². The molecule has 0 N–H and O–H groups in total. The first-order valence-corrected chi connectivity index (χ1v) is 14.2. The number of ketones is 1. The van der Waals surface area contributed by atoms with Gasteiger partial charge in [-0.15, -0.1) is 0 Å². The molecule has 9 heteroatoms. The Morgan fingerprint density at radius 2 is 1.54 bits per heavy atom. The van der Waals surface area contributed by atoms with Gasteiger partial charge in [-0.3, -0.25) is 4.79 Å². The molecule has 216 valence electrons. The first-order valence-electron chi connectivity index (χ1n) is 13.4. The maximum atomic E-state index is 14.5. The molecule has 0 unspecified atom stereocenters. The number of Topliss-reactive ketones (excluding diaryl/α,β-unsaturated/α-hetero) is 1. The van der Waals surface area contributed by atoms with Gasteiger partial charge >= 0.3 is 5.97 Å². The van der Waals surface area contributed by atoms with E-state index < -0.39 is 23.7 Å². The molecular weight excluding hydrogens is 573 g/mol. The number of carbonyl (C=O) groups is 2. The first-order chi connectivity index (χ1) is 19.7. The van der Waals surface area contributed by atoms with E-state index in [1.165, 1.54) is 30.3 Å². The Hall–Kier alpha value is -3.42. The summed E-state index contributed by atoms with van der Waals surface area (Å²) in [5, 5.41) is 0.384. The van der Waals surface area contributed by atoms with Crippen LogP contribution in [-0.2, 0) is 22.7 Å². The van der Waals surface area contributed by atoms with E-state index in [0.29, 0.717) is 44.1 Å². The van der Waals surface area contributed by atoms with E-state index in [9.17, 15) is 18.4 Å². The van der Waals surface area contributed by atoms with Gasteiger partial charge in [-0.05, 0) is 68.5 Å². The van der Waals surface area contributed by atoms with Crippen molar-refractivity contribution in [3.05, 3.63) is 98.5 Å². The fourth-order valence-electron chi connectivity index (χ4n) is 4.44. The zero-order chi connectivity index (χ0) is 29.4. The summed E-state index contributed by atoms with van der Waals surface area (Å²) in [4.78, 5) is 25.6. The number of hydrogen-bond acceptors (Lipinski definition) is 5. The Kier molecular flexibility index (Phi) is 10.8. The Labute approximate surface area is 248 Å². The molecule has 4 rings (SSSR count). The van der Waals surface area contributed by atoms with Crippen LogP contribution in [0.4, 0.5) is 8.78 Å². The van der Waals surface area contributed by atoms with Crippen molar-refractivity contribution < 1.29 is 32.6 Å². The lowest BCUT2D eigenvalue weighted by Crippen LogP contribution is -2.18. The molecule has 1 aliphatic heterocycles. The highest BCUT2D eigenvalue weighted by atomic mass is 35.5. The van der Waals surface area contributed by atoms with Crippen LogP contribution in [0.2, 0.25) is 10.0 Å². The lowest BCUT2D eigenvalue weighted by Gasteiger charge is -2.19. The number of ether oxygens (including phenoxy) is 3. The average Bonchev–Trinajstić information content (AvgIpc) is 2.91. The zero-order valence-electron chi connectivity index (χ0n) is 22.6. The summed E-state index contributed by atoms with van der Waals surface area (Å²) < 4.78 is 46.5. The average molecular weight is 603 g/mol. The van der Waals surface area contributed by atoms with Gasteiger partial charge in [0.1, 0.15) is 47.7 Å². The van der Waals surface area contributed by atoms with Crippen LogP contribution in [0, 0.1) is 11.6 Å². The molecule has 0 fully saturated rings. The molecule has 5 nitrogen and oxygen atoms in total. The number of benzene rings is 3. The predicted molar refractivity (Wildman–Crippen MR) is 155 cm³/mol. The lowest BCUT2D eigenvalue weighted by molar-refractivity contribution is -0.119. The van der Waals surface area contributed by atoms with Crippen LogP contribution in [0.15, 0.2) is 54.6 Å². The Bertz CT molecular complexity index is 1400. The molecule has 41 heavy (non-hydrogen) atoms. The van der Waals surface area contributed by atoms with E-state index >= 15 is 0 Å². The van der Waals surface area contributed by atoms with E-state index in [2.05, 4.69) is 0 Å². The summed E-state index contributed by atoms with van der Waals surface area (Å²) in [6.45, 7) is 1.31. The molecule has 0 spiro atoms. The third kappa shape index (κ3) is 8.30. The number of fused-ring (bicyclic) bond motifs is 1. The van der Waals surface area contributed by atoms with Gasteiger partial charge in [0, 0.05) is 30.0 Å². The molecule has 1 aliphatic rings. The molecule has 3 aromatic carbocycles. The van der Waals surface area contributed by atoms with Gasteiger partial charge in [-0.25, -0.2) is 13.6 Å². The fraction of sp³-hybridized carbons (Fsp3) is 0.312. The van der Waals surface area contributed by atoms with E-state index in [0.717, 1.165) is 0 Å². The quantitative estimate of drug-likeness (QED) is 0.264. The monoisotopic (exact) mass is 602 g/mol. The molecule has 1 heterocycles. The second-order valence-electron chi connectivity index (χ2n) is 9.80. The van der Waals surface area contributed by atoms with Gasteiger partial charge in [0.15, 0.2) is 0 Å². The minimum Gasteiger partial charge on any atom is -0.489 e. The van der Waals surface area contributed by atoms with Crippen LogP contribution in [-0.4, -0.2) is 17.9 Å². The lowest BCUT2D eigenvalue weighted by atomic mass is 10.0. The standard InChI is InChI=1S/C32H30Cl2F2O5/c1-20-8-5-11-22(37)10-4-2-3-9-21-16-23(39-18-24-26(33)12-6-14-28(24)35)17-30(31(21)32(38)41-20)40-19-25-27(34)13-7-15-29(25)36/h3,6-7,9,12-17,20H,2,4-5,8,10-11,18-19H2,1H3/b9-3+/t20-/m0/s1. The summed E-state index contributed by atoms with van der Waals surface area (Å²) in [5.74, 6) is -1.19. The van der Waals surface area contributed by atoms with Crippen LogP contribution in [0.3, 0.4) is 0 Å². The van der Waals surface area contributed by atoms with Crippen molar-refractivity contribution in [3.63, 3.8) is 0 Å². The van der Waals surface area contributed by atoms with Gasteiger partial charge in [0.05, 0.1) is 16.1 Å². The van der Waals surface area contributed by atoms with Gasteiger partial charge in [0.2, 0.25) is 0 Å². The van der Waals surface area contributed by atoms with Gasteiger partial charge < -0.3 is 14.2 Å². The number of cyclic esters (lactones) is 1. The minimum absolute atomic E-state index is 0.0839. The van der Waals surface area contributed by atoms with Gasteiger partial charge in [0.25, 0.3) is 0 Å². The zero-order valence-corrected chi connectivity index (χ0v) is 24.1. The number of carbonyl (C=O) groups excluding carboxylic acids is 2. The number of rotatable bonds is 6. The van der Waals surface area contributed by atoms with Crippen LogP contribution < -0.4 is 9.47 Å². The van der Waals surface area contributed by atoms with Gasteiger partial charge in [-0.2, -0.15) is 0 Å². The summed E-state index contributed by atoms with van der Waals surface area (Å²) in [5.41, 5.74) is 0.848. The van der Waals surface area contributed by atoms with Crippen LogP contribution >= 0.6 is 23.2 Å². The number of allylic oxidation sites excluding steroid dienone is 1. The molecule has 3 aromatic rings. The summed E-state index contributed by atoms with van der Waals surface area (Å²) in [6.07, 6.45) is 6.43. The Morgan fingerprint density at radius 3 is 2.20 bits per heavy atom. The molecule has 0 radical (unpaired) electrons. The highest BCUT2D eigenvalue weighted by Gasteiger charge is 2.24. The summed E-state index contributed by atoms with van der Waals surface area (Å²) >= 11 is 12.4. The van der Waals surface area contributed by atoms with Crippen molar-refractivity contribution in [2.24, 2.45) is 0 Å². The number of halogens is 4. The fourth-order valence-corrected chi connectivity index (χ4v) is 4.88. The first kappa shape index (κ1) is 30.5. The Balaban J connectivity index is 1.74. The third-order valence-corrected chi connectivity index (χ3v) is 7.40. The Morgan fingerprint density at radius 1 is 0.902 bits per heavy atom. The molecule has 1 atom stereocenters. The van der Waals surface area contributed by atoms with Crippen molar-refractivity contribution in [3.8, 4) is 11.5 Å². The van der Waals surface area contributed by atoms with Crippen LogP contribution in [0.1, 0.15) is 72.5 Å².